The van der Waals surface area contributed by atoms with Crippen molar-refractivity contribution in [2.45, 2.75) is 42.5 Å². The number of aromatic hydroxyl groups is 1. The number of rotatable bonds is 6. The molecular formula is C34H32O10. The molecule has 0 saturated heterocycles. The SMILES string of the molecule is COC1=C(OC)[C@@]2(OC)c3c(O)c(OC)c4c(c3O[C@@]23O[C@@H](c2ccccc2)CC=C3C1=O)[C@@H](O)C[C@H](c1ccccc1)O4. The first-order chi connectivity index (χ1) is 21.4. The van der Waals surface area contributed by atoms with Crippen molar-refractivity contribution >= 4 is 5.78 Å². The van der Waals surface area contributed by atoms with Crippen molar-refractivity contribution < 1.29 is 48.2 Å². The first kappa shape index (κ1) is 28.3. The van der Waals surface area contributed by atoms with Gasteiger partial charge in [0.2, 0.25) is 22.9 Å². The summed E-state index contributed by atoms with van der Waals surface area (Å²) in [5.74, 6) is -2.97. The molecular weight excluding hydrogens is 568 g/mol. The number of Topliss-reactive ketones (excluding diaryl/α,β-unsaturated/α-hetero) is 1. The van der Waals surface area contributed by atoms with E-state index in [-0.39, 0.29) is 57.6 Å². The largest absolute Gasteiger partial charge is 0.504 e. The fourth-order valence-electron chi connectivity index (χ4n) is 7.03. The molecule has 1 aliphatic carbocycles. The van der Waals surface area contributed by atoms with E-state index in [2.05, 4.69) is 0 Å². The Morgan fingerprint density at radius 1 is 0.864 bits per heavy atom. The molecule has 3 aliphatic heterocycles. The minimum Gasteiger partial charge on any atom is -0.504 e. The highest BCUT2D eigenvalue weighted by Gasteiger charge is 2.76. The molecule has 0 fully saturated rings. The van der Waals surface area contributed by atoms with Crippen molar-refractivity contribution in [1.29, 1.82) is 0 Å². The third-order valence-electron chi connectivity index (χ3n) is 8.90. The number of benzene rings is 3. The van der Waals surface area contributed by atoms with Crippen LogP contribution in [0.15, 0.2) is 83.8 Å². The van der Waals surface area contributed by atoms with Gasteiger partial charge < -0.3 is 43.4 Å². The monoisotopic (exact) mass is 600 g/mol. The minimum atomic E-state index is -1.99. The third kappa shape index (κ3) is 3.56. The van der Waals surface area contributed by atoms with Gasteiger partial charge in [0.05, 0.1) is 50.2 Å². The average molecular weight is 601 g/mol. The lowest BCUT2D eigenvalue weighted by Gasteiger charge is -2.49. The second-order valence-corrected chi connectivity index (χ2v) is 11.0. The minimum absolute atomic E-state index is 0.0391. The van der Waals surface area contributed by atoms with E-state index in [1.807, 2.05) is 60.7 Å². The molecule has 0 aromatic heterocycles. The summed E-state index contributed by atoms with van der Waals surface area (Å²) >= 11 is 0. The molecule has 0 bridgehead atoms. The van der Waals surface area contributed by atoms with Gasteiger partial charge in [0.15, 0.2) is 17.3 Å². The van der Waals surface area contributed by atoms with Gasteiger partial charge in [-0.1, -0.05) is 66.7 Å². The van der Waals surface area contributed by atoms with E-state index in [0.29, 0.717) is 6.42 Å². The molecule has 3 aromatic carbocycles. The molecule has 228 valence electrons. The van der Waals surface area contributed by atoms with Crippen LogP contribution < -0.4 is 14.2 Å². The molecule has 0 saturated carbocycles. The number of phenols is 1. The quantitative estimate of drug-likeness (QED) is 0.397. The Kier molecular flexibility index (Phi) is 6.61. The zero-order chi connectivity index (χ0) is 30.8. The molecule has 1 spiro atoms. The number of allylic oxidation sites excluding steroid dienone is 1. The van der Waals surface area contributed by atoms with E-state index in [1.54, 1.807) is 6.08 Å². The zero-order valence-corrected chi connectivity index (χ0v) is 24.7. The summed E-state index contributed by atoms with van der Waals surface area (Å²) in [5, 5.41) is 23.8. The number of phenolic OH excluding ortho intramolecular Hbond substituents is 1. The number of carbonyl (C=O) groups is 1. The van der Waals surface area contributed by atoms with Gasteiger partial charge >= 0.3 is 0 Å². The molecule has 5 atom stereocenters. The van der Waals surface area contributed by atoms with Crippen LogP contribution in [0.25, 0.3) is 0 Å². The molecule has 7 rings (SSSR count). The first-order valence-electron chi connectivity index (χ1n) is 14.3. The van der Waals surface area contributed by atoms with Crippen LogP contribution in [0.2, 0.25) is 0 Å². The van der Waals surface area contributed by atoms with Crippen LogP contribution in [0.3, 0.4) is 0 Å². The van der Waals surface area contributed by atoms with Gasteiger partial charge in [0, 0.05) is 13.5 Å². The van der Waals surface area contributed by atoms with E-state index in [4.69, 9.17) is 33.2 Å². The van der Waals surface area contributed by atoms with Gasteiger partial charge in [-0.2, -0.15) is 0 Å². The topological polar surface area (TPSA) is 122 Å². The fraction of sp³-hybridized carbons (Fsp3) is 0.324. The number of methoxy groups -OCH3 is 4. The van der Waals surface area contributed by atoms with Crippen molar-refractivity contribution in [3.8, 4) is 23.0 Å². The second-order valence-electron chi connectivity index (χ2n) is 11.0. The van der Waals surface area contributed by atoms with Gasteiger partial charge in [-0.15, -0.1) is 0 Å². The van der Waals surface area contributed by atoms with Gasteiger partial charge in [0.1, 0.15) is 11.9 Å². The Balaban J connectivity index is 1.51. The molecule has 0 radical (unpaired) electrons. The van der Waals surface area contributed by atoms with Crippen LogP contribution in [0.1, 0.15) is 53.4 Å². The van der Waals surface area contributed by atoms with Gasteiger partial charge in [-0.3, -0.25) is 4.79 Å². The molecule has 4 aliphatic rings. The maximum atomic E-state index is 14.0. The van der Waals surface area contributed by atoms with Crippen molar-refractivity contribution in [1.82, 2.24) is 0 Å². The Bertz CT molecular complexity index is 1700. The fourth-order valence-corrected chi connectivity index (χ4v) is 7.03. The summed E-state index contributed by atoms with van der Waals surface area (Å²) in [7, 11) is 5.51. The van der Waals surface area contributed by atoms with E-state index in [1.165, 1.54) is 28.4 Å². The predicted molar refractivity (Wildman–Crippen MR) is 155 cm³/mol. The third-order valence-corrected chi connectivity index (χ3v) is 8.90. The molecule has 3 heterocycles. The molecule has 44 heavy (non-hydrogen) atoms. The Morgan fingerprint density at radius 2 is 1.52 bits per heavy atom. The summed E-state index contributed by atoms with van der Waals surface area (Å²) in [6, 6.07) is 19.0. The summed E-state index contributed by atoms with van der Waals surface area (Å²) in [4.78, 5) is 14.0. The average Bonchev–Trinajstić information content (AvgIpc) is 3.34. The van der Waals surface area contributed by atoms with Gasteiger partial charge in [-0.05, 0) is 17.5 Å². The summed E-state index contributed by atoms with van der Waals surface area (Å²) in [5.41, 5.74) is 0.169. The smallest absolute Gasteiger partial charge is 0.283 e. The number of aliphatic hydroxyl groups is 1. The summed E-state index contributed by atoms with van der Waals surface area (Å²) < 4.78 is 43.5. The molecule has 3 aromatic rings. The predicted octanol–water partition coefficient (Wildman–Crippen LogP) is 5.06. The lowest BCUT2D eigenvalue weighted by molar-refractivity contribution is -0.281. The van der Waals surface area contributed by atoms with Crippen LogP contribution in [-0.4, -0.2) is 50.2 Å². The Hall–Kier alpha value is -4.51. The molecule has 10 nitrogen and oxygen atoms in total. The normalized spacial score (nSPS) is 28.4. The van der Waals surface area contributed by atoms with Crippen LogP contribution in [0.5, 0.6) is 23.0 Å². The van der Waals surface area contributed by atoms with Crippen molar-refractivity contribution in [3.05, 3.63) is 106 Å². The Labute approximate surface area is 254 Å². The van der Waals surface area contributed by atoms with Gasteiger partial charge in [0.25, 0.3) is 5.79 Å². The summed E-state index contributed by atoms with van der Waals surface area (Å²) in [6.45, 7) is 0. The maximum Gasteiger partial charge on any atom is 0.283 e. The van der Waals surface area contributed by atoms with E-state index >= 15 is 0 Å². The number of carbonyl (C=O) groups excluding carboxylic acids is 1. The molecule has 0 amide bonds. The highest BCUT2D eigenvalue weighted by Crippen LogP contribution is 2.69. The number of fused-ring (bicyclic) bond motifs is 4. The van der Waals surface area contributed by atoms with Crippen LogP contribution in [-0.2, 0) is 29.3 Å². The van der Waals surface area contributed by atoms with Crippen molar-refractivity contribution in [2.75, 3.05) is 28.4 Å². The number of hydrogen-bond acceptors (Lipinski definition) is 10. The van der Waals surface area contributed by atoms with E-state index in [0.717, 1.165) is 11.1 Å². The molecule has 2 N–H and O–H groups in total. The number of hydrogen-bond donors (Lipinski definition) is 2. The standard InChI is InChI=1S/C34H32O10/c1-38-30-27(37)25-28(24-21(35)17-23(42-29(24)30)19-13-9-6-10-14-19)44-34-20(15-16-22(43-34)18-11-7-5-8-12-18)26(36)31(39-2)32(40-3)33(25,34)41-4/h5-15,21-23,35,37H,16-17H2,1-4H3/t21-,22+,23+,33-,34+/m0/s1. The number of aliphatic hydroxyl groups excluding tert-OH is 1. The first-order valence-corrected chi connectivity index (χ1v) is 14.3. The lowest BCUT2D eigenvalue weighted by atomic mass is 9.72. The van der Waals surface area contributed by atoms with E-state index < -0.39 is 35.5 Å². The highest BCUT2D eigenvalue weighted by molar-refractivity contribution is 6.11. The summed E-state index contributed by atoms with van der Waals surface area (Å²) in [6.07, 6.45) is 0.0489. The molecule has 10 heteroatoms. The maximum absolute atomic E-state index is 14.0. The van der Waals surface area contributed by atoms with E-state index in [9.17, 15) is 15.0 Å². The number of ketones is 1. The lowest BCUT2D eigenvalue weighted by Crippen LogP contribution is -2.63. The number of ether oxygens (including phenoxy) is 7. The van der Waals surface area contributed by atoms with Crippen LogP contribution in [0.4, 0.5) is 0 Å². The zero-order valence-electron chi connectivity index (χ0n) is 24.7. The van der Waals surface area contributed by atoms with Crippen LogP contribution in [0, 0.1) is 0 Å². The highest BCUT2D eigenvalue weighted by atomic mass is 16.7. The van der Waals surface area contributed by atoms with Crippen molar-refractivity contribution in [3.63, 3.8) is 0 Å². The van der Waals surface area contributed by atoms with Gasteiger partial charge in [-0.25, -0.2) is 0 Å². The second kappa shape index (κ2) is 10.3. The van der Waals surface area contributed by atoms with Crippen LogP contribution >= 0.6 is 0 Å². The molecule has 0 unspecified atom stereocenters. The van der Waals surface area contributed by atoms with Crippen molar-refractivity contribution in [2.24, 2.45) is 0 Å². The Morgan fingerprint density at radius 3 is 2.11 bits per heavy atom.